The molecule has 0 bridgehead atoms. The average Bonchev–Trinajstić information content (AvgIpc) is 3.26. The van der Waals surface area contributed by atoms with Crippen LogP contribution < -0.4 is 5.32 Å². The number of aromatic nitrogens is 4. The summed E-state index contributed by atoms with van der Waals surface area (Å²) < 4.78 is 1.83. The Labute approximate surface area is 162 Å². The fraction of sp³-hybridized carbons (Fsp3) is 0.190. The van der Waals surface area contributed by atoms with E-state index in [-0.39, 0.29) is 11.7 Å². The van der Waals surface area contributed by atoms with Gasteiger partial charge in [0.05, 0.1) is 28.7 Å². The van der Waals surface area contributed by atoms with E-state index in [4.69, 9.17) is 0 Å². The van der Waals surface area contributed by atoms with Crippen LogP contribution in [0.25, 0.3) is 16.6 Å². The van der Waals surface area contributed by atoms with Crippen molar-refractivity contribution >= 4 is 22.6 Å². The zero-order chi connectivity index (χ0) is 19.7. The monoisotopic (exact) mass is 375 g/mol. The highest BCUT2D eigenvalue weighted by Gasteiger charge is 2.19. The molecule has 0 unspecified atom stereocenters. The molecule has 28 heavy (non-hydrogen) atoms. The maximum Gasteiger partial charge on any atom is 0.260 e. The van der Waals surface area contributed by atoms with Crippen molar-refractivity contribution in [1.82, 2.24) is 20.0 Å². The predicted molar refractivity (Wildman–Crippen MR) is 108 cm³/mol. The lowest BCUT2D eigenvalue weighted by molar-refractivity contribution is 0.102. The largest absolute Gasteiger partial charge is 0.508 e. The van der Waals surface area contributed by atoms with Gasteiger partial charge in [0.1, 0.15) is 5.75 Å². The van der Waals surface area contributed by atoms with Crippen LogP contribution in [-0.4, -0.2) is 31.0 Å². The molecule has 7 heteroatoms. The first-order chi connectivity index (χ1) is 13.6. The smallest absolute Gasteiger partial charge is 0.260 e. The lowest BCUT2D eigenvalue weighted by atomic mass is 10.1. The topological polar surface area (TPSA) is 95.8 Å². The van der Waals surface area contributed by atoms with Crippen LogP contribution in [0.15, 0.2) is 48.7 Å². The second-order valence-electron chi connectivity index (χ2n) is 6.76. The third-order valence-corrected chi connectivity index (χ3v) is 4.62. The second-order valence-corrected chi connectivity index (χ2v) is 6.76. The Balaban J connectivity index is 1.69. The van der Waals surface area contributed by atoms with Crippen molar-refractivity contribution in [3.8, 4) is 11.4 Å². The van der Waals surface area contributed by atoms with E-state index in [1.807, 2.05) is 35.9 Å². The summed E-state index contributed by atoms with van der Waals surface area (Å²) in [5, 5.41) is 24.6. The molecule has 0 saturated carbocycles. The molecule has 0 radical (unpaired) electrons. The van der Waals surface area contributed by atoms with Crippen molar-refractivity contribution in [2.75, 3.05) is 5.32 Å². The Morgan fingerprint density at radius 2 is 2.11 bits per heavy atom. The lowest BCUT2D eigenvalue weighted by Gasteiger charge is -2.09. The predicted octanol–water partition coefficient (Wildman–Crippen LogP) is 3.97. The fourth-order valence-electron chi connectivity index (χ4n) is 3.30. The van der Waals surface area contributed by atoms with Crippen LogP contribution in [0.1, 0.15) is 35.0 Å². The van der Waals surface area contributed by atoms with Gasteiger partial charge in [0.2, 0.25) is 0 Å². The number of nitrogens with one attached hydrogen (secondary N) is 2. The minimum absolute atomic E-state index is 0.138. The number of nitrogens with zero attached hydrogens (tertiary/aromatic N) is 3. The van der Waals surface area contributed by atoms with Gasteiger partial charge in [-0.1, -0.05) is 25.5 Å². The molecule has 142 valence electrons. The number of aromatic amines is 1. The summed E-state index contributed by atoms with van der Waals surface area (Å²) in [6.07, 6.45) is 3.22. The van der Waals surface area contributed by atoms with E-state index >= 15 is 0 Å². The highest BCUT2D eigenvalue weighted by molar-refractivity contribution is 6.08. The van der Waals surface area contributed by atoms with Gasteiger partial charge in [-0.3, -0.25) is 9.89 Å². The van der Waals surface area contributed by atoms with Crippen LogP contribution in [0.4, 0.5) is 5.82 Å². The van der Waals surface area contributed by atoms with Gasteiger partial charge >= 0.3 is 0 Å². The van der Waals surface area contributed by atoms with Crippen LogP contribution in [0.5, 0.6) is 5.75 Å². The molecule has 3 N–H and O–H groups in total. The Kier molecular flexibility index (Phi) is 4.57. The molecular formula is C21H21N5O2. The molecule has 2 heterocycles. The summed E-state index contributed by atoms with van der Waals surface area (Å²) in [6, 6.07) is 12.9. The third kappa shape index (κ3) is 3.22. The molecule has 4 rings (SSSR count). The van der Waals surface area contributed by atoms with Gasteiger partial charge in [-0.25, -0.2) is 4.68 Å². The van der Waals surface area contributed by atoms with E-state index in [0.717, 1.165) is 35.2 Å². The SMILES string of the molecule is CCCc1c(C(=O)Nc2n[nH]c3cc(O)ccc23)cnn1-c1cccc(C)c1. The highest BCUT2D eigenvalue weighted by atomic mass is 16.3. The van der Waals surface area contributed by atoms with Gasteiger partial charge in [-0.05, 0) is 43.2 Å². The van der Waals surface area contributed by atoms with Crippen molar-refractivity contribution < 1.29 is 9.90 Å². The standard InChI is InChI=1S/C21H21N5O2/c1-3-5-19-17(12-22-26(19)14-7-4-6-13(2)10-14)21(28)23-20-16-9-8-15(27)11-18(16)24-25-20/h4,6-12,27H,3,5H2,1-2H3,(H2,23,24,25,28). The number of benzene rings is 2. The summed E-state index contributed by atoms with van der Waals surface area (Å²) in [6.45, 7) is 4.10. The summed E-state index contributed by atoms with van der Waals surface area (Å²) in [5.41, 5.74) is 4.11. The molecule has 0 saturated heterocycles. The van der Waals surface area contributed by atoms with Gasteiger partial charge in [-0.2, -0.15) is 10.2 Å². The number of fused-ring (bicyclic) bond motifs is 1. The van der Waals surface area contributed by atoms with Gasteiger partial charge in [0.25, 0.3) is 5.91 Å². The minimum atomic E-state index is -0.260. The van der Waals surface area contributed by atoms with Crippen LogP contribution >= 0.6 is 0 Å². The molecule has 2 aromatic carbocycles. The maximum absolute atomic E-state index is 13.0. The van der Waals surface area contributed by atoms with Crippen molar-refractivity contribution in [1.29, 1.82) is 0 Å². The number of H-pyrrole nitrogens is 1. The third-order valence-electron chi connectivity index (χ3n) is 4.62. The number of rotatable bonds is 5. The molecule has 0 fully saturated rings. The average molecular weight is 375 g/mol. The van der Waals surface area contributed by atoms with Crippen molar-refractivity contribution in [2.45, 2.75) is 26.7 Å². The number of aromatic hydroxyl groups is 1. The molecule has 0 spiro atoms. The van der Waals surface area contributed by atoms with Crippen molar-refractivity contribution in [3.05, 3.63) is 65.5 Å². The summed E-state index contributed by atoms with van der Waals surface area (Å²) in [4.78, 5) is 13.0. The summed E-state index contributed by atoms with van der Waals surface area (Å²) in [7, 11) is 0. The molecule has 0 aliphatic heterocycles. The fourth-order valence-corrected chi connectivity index (χ4v) is 3.30. The normalized spacial score (nSPS) is 11.1. The Morgan fingerprint density at radius 3 is 2.89 bits per heavy atom. The molecule has 7 nitrogen and oxygen atoms in total. The molecule has 1 amide bonds. The van der Waals surface area contributed by atoms with Gasteiger partial charge < -0.3 is 10.4 Å². The molecule has 2 aromatic heterocycles. The number of hydrogen-bond donors (Lipinski definition) is 3. The molecule has 0 atom stereocenters. The van der Waals surface area contributed by atoms with Gasteiger partial charge in [-0.15, -0.1) is 0 Å². The van der Waals surface area contributed by atoms with E-state index in [1.165, 1.54) is 0 Å². The number of carbonyl (C=O) groups is 1. The highest BCUT2D eigenvalue weighted by Crippen LogP contribution is 2.25. The number of carbonyl (C=O) groups excluding carboxylic acids is 1. The first kappa shape index (κ1) is 17.8. The first-order valence-electron chi connectivity index (χ1n) is 9.19. The van der Waals surface area contributed by atoms with Crippen LogP contribution in [0.3, 0.4) is 0 Å². The minimum Gasteiger partial charge on any atom is -0.508 e. The van der Waals surface area contributed by atoms with E-state index in [0.29, 0.717) is 16.9 Å². The number of phenols is 1. The zero-order valence-electron chi connectivity index (χ0n) is 15.7. The van der Waals surface area contributed by atoms with Crippen LogP contribution in [0.2, 0.25) is 0 Å². The Morgan fingerprint density at radius 1 is 1.25 bits per heavy atom. The Bertz CT molecular complexity index is 1160. The van der Waals surface area contributed by atoms with E-state index in [9.17, 15) is 9.90 Å². The molecule has 4 aromatic rings. The number of phenolic OH excluding ortho intramolecular Hbond substituents is 1. The summed E-state index contributed by atoms with van der Waals surface area (Å²) in [5.74, 6) is 0.299. The molecule has 0 aliphatic carbocycles. The van der Waals surface area contributed by atoms with Crippen molar-refractivity contribution in [2.24, 2.45) is 0 Å². The first-order valence-corrected chi connectivity index (χ1v) is 9.19. The number of hydrogen-bond acceptors (Lipinski definition) is 4. The van der Waals surface area contributed by atoms with E-state index < -0.39 is 0 Å². The molecular weight excluding hydrogens is 354 g/mol. The van der Waals surface area contributed by atoms with Crippen LogP contribution in [0, 0.1) is 6.92 Å². The maximum atomic E-state index is 13.0. The Hall–Kier alpha value is -3.61. The molecule has 0 aliphatic rings. The zero-order valence-corrected chi connectivity index (χ0v) is 15.7. The van der Waals surface area contributed by atoms with Crippen molar-refractivity contribution in [3.63, 3.8) is 0 Å². The van der Waals surface area contributed by atoms with Gasteiger partial charge in [0.15, 0.2) is 5.82 Å². The second kappa shape index (κ2) is 7.19. The number of amides is 1. The summed E-state index contributed by atoms with van der Waals surface area (Å²) >= 11 is 0. The van der Waals surface area contributed by atoms with E-state index in [1.54, 1.807) is 24.4 Å². The van der Waals surface area contributed by atoms with E-state index in [2.05, 4.69) is 27.5 Å². The lowest BCUT2D eigenvalue weighted by Crippen LogP contribution is -2.15. The van der Waals surface area contributed by atoms with Gasteiger partial charge in [0, 0.05) is 11.5 Å². The number of aryl methyl sites for hydroxylation is 1. The number of anilines is 1. The van der Waals surface area contributed by atoms with Crippen LogP contribution in [-0.2, 0) is 6.42 Å². The quantitative estimate of drug-likeness (QED) is 0.492.